The van der Waals surface area contributed by atoms with Crippen molar-refractivity contribution in [1.82, 2.24) is 15.2 Å². The predicted molar refractivity (Wildman–Crippen MR) is 179 cm³/mol. The molecule has 2 fully saturated rings. The molecule has 2 aliphatic heterocycles. The number of rotatable bonds is 11. The molecule has 6 rings (SSSR count). The molecule has 0 aliphatic carbocycles. The van der Waals surface area contributed by atoms with E-state index in [1.807, 2.05) is 54.6 Å². The summed E-state index contributed by atoms with van der Waals surface area (Å²) in [5.74, 6) is -1.96. The number of carboxylic acid groups (broad SMARTS) is 1. The number of carbonyl (C=O) groups excluding carboxylic acids is 2. The Kier molecular flexibility index (Phi) is 9.03. The van der Waals surface area contributed by atoms with E-state index in [1.165, 1.54) is 35.1 Å². The Balaban J connectivity index is 1.28. The van der Waals surface area contributed by atoms with Crippen molar-refractivity contribution in [3.8, 4) is 0 Å². The van der Waals surface area contributed by atoms with Crippen LogP contribution < -0.4 is 10.6 Å². The van der Waals surface area contributed by atoms with Crippen molar-refractivity contribution in [2.75, 3.05) is 30.6 Å². The van der Waals surface area contributed by atoms with Crippen molar-refractivity contribution in [3.63, 3.8) is 0 Å². The van der Waals surface area contributed by atoms with Crippen molar-refractivity contribution in [2.45, 2.75) is 17.0 Å². The smallest absolute Gasteiger partial charge is 0.313 e. The molecular weight excluding hydrogens is 646 g/mol. The van der Waals surface area contributed by atoms with E-state index in [-0.39, 0.29) is 35.5 Å². The maximum atomic E-state index is 13.5. The van der Waals surface area contributed by atoms with Gasteiger partial charge in [0.2, 0.25) is 5.91 Å². The van der Waals surface area contributed by atoms with E-state index in [2.05, 4.69) is 52.2 Å². The van der Waals surface area contributed by atoms with Crippen LogP contribution in [-0.4, -0.2) is 75.2 Å². The minimum Gasteiger partial charge on any atom is -0.481 e. The van der Waals surface area contributed by atoms with Gasteiger partial charge in [0.15, 0.2) is 10.8 Å². The predicted octanol–water partition coefficient (Wildman–Crippen LogP) is 4.61. The molecule has 0 bridgehead atoms. The first kappa shape index (κ1) is 31.6. The number of thiazole rings is 1. The molecule has 3 atom stereocenters. The van der Waals surface area contributed by atoms with E-state index in [0.29, 0.717) is 5.13 Å². The number of anilines is 1. The fraction of sp³-hybridized carbons (Fsp3) is 0.242. The second kappa shape index (κ2) is 13.1. The second-order valence-corrected chi connectivity index (χ2v) is 13.2. The third-order valence-electron chi connectivity index (χ3n) is 8.20. The molecule has 3 N–H and O–H groups in total. The summed E-state index contributed by atoms with van der Waals surface area (Å²) in [4.78, 5) is 49.6. The maximum Gasteiger partial charge on any atom is 0.313 e. The molecule has 3 aromatic carbocycles. The number of hydrogen-bond donors (Lipinski definition) is 3. The lowest BCUT2D eigenvalue weighted by Crippen LogP contribution is -2.74. The van der Waals surface area contributed by atoms with Crippen molar-refractivity contribution in [1.29, 1.82) is 0 Å². The van der Waals surface area contributed by atoms with Crippen LogP contribution in [0, 0.1) is 5.41 Å². The summed E-state index contributed by atoms with van der Waals surface area (Å²) in [5.41, 5.74) is 1.10. The number of halogens is 1. The van der Waals surface area contributed by atoms with Gasteiger partial charge in [0.05, 0.1) is 0 Å². The molecule has 0 saturated carbocycles. The zero-order chi connectivity index (χ0) is 32.3. The summed E-state index contributed by atoms with van der Waals surface area (Å²) >= 11 is 8.58. The van der Waals surface area contributed by atoms with Crippen LogP contribution in [-0.2, 0) is 24.8 Å². The van der Waals surface area contributed by atoms with Gasteiger partial charge in [0.1, 0.15) is 35.2 Å². The number of thioether (sulfide) groups is 1. The zero-order valence-electron chi connectivity index (χ0n) is 24.6. The number of oxime groups is 1. The summed E-state index contributed by atoms with van der Waals surface area (Å²) in [6.07, 6.45) is 0. The summed E-state index contributed by atoms with van der Waals surface area (Å²) in [7, 11) is 1.33. The first-order chi connectivity index (χ1) is 22.3. The van der Waals surface area contributed by atoms with E-state index in [4.69, 9.17) is 21.4 Å². The van der Waals surface area contributed by atoms with Gasteiger partial charge < -0.3 is 25.5 Å². The highest BCUT2D eigenvalue weighted by atomic mass is 35.5. The van der Waals surface area contributed by atoms with Crippen molar-refractivity contribution < 1.29 is 24.3 Å². The summed E-state index contributed by atoms with van der Waals surface area (Å²) in [6, 6.07) is 29.3. The number of nitrogens with zero attached hydrogens (tertiary/aromatic N) is 3. The Morgan fingerprint density at radius 2 is 1.61 bits per heavy atom. The number of amides is 2. The molecule has 236 valence electrons. The summed E-state index contributed by atoms with van der Waals surface area (Å²) < 4.78 is 0. The first-order valence-corrected chi connectivity index (χ1v) is 16.8. The lowest BCUT2D eigenvalue weighted by molar-refractivity contribution is -0.157. The number of carbonyl (C=O) groups is 3. The van der Waals surface area contributed by atoms with Gasteiger partial charge in [-0.3, -0.25) is 14.4 Å². The number of aromatic nitrogens is 1. The van der Waals surface area contributed by atoms with E-state index in [0.717, 1.165) is 16.7 Å². The monoisotopic (exact) mass is 675 g/mol. The van der Waals surface area contributed by atoms with Gasteiger partial charge in [-0.1, -0.05) is 96.2 Å². The van der Waals surface area contributed by atoms with Crippen molar-refractivity contribution >= 4 is 63.3 Å². The Morgan fingerprint density at radius 3 is 2.11 bits per heavy atom. The van der Waals surface area contributed by atoms with Crippen LogP contribution in [0.25, 0.3) is 0 Å². The lowest BCUT2D eigenvalue weighted by Gasteiger charge is -2.53. The number of β-lactam (4-membered cyclic amide) rings is 1. The van der Waals surface area contributed by atoms with E-state index >= 15 is 0 Å². The molecule has 13 heteroatoms. The molecule has 10 nitrogen and oxygen atoms in total. The van der Waals surface area contributed by atoms with E-state index in [9.17, 15) is 19.5 Å². The molecule has 2 amide bonds. The Labute approximate surface area is 278 Å². The normalized spacial score (nSPS) is 21.1. The minimum atomic E-state index is -1.23. The number of aliphatic carboxylic acids is 1. The number of fused-ring (bicyclic) bond motifs is 1. The Bertz CT molecular complexity index is 1660. The van der Waals surface area contributed by atoms with Crippen LogP contribution in [0.5, 0.6) is 0 Å². The van der Waals surface area contributed by atoms with Gasteiger partial charge in [0.25, 0.3) is 5.91 Å². The molecule has 2 aliphatic rings. The average molecular weight is 676 g/mol. The lowest BCUT2D eigenvalue weighted by atomic mass is 9.77. The summed E-state index contributed by atoms with van der Waals surface area (Å²) in [6.45, 7) is -0.0131. The van der Waals surface area contributed by atoms with Crippen LogP contribution in [0.1, 0.15) is 22.4 Å². The van der Waals surface area contributed by atoms with Crippen LogP contribution >= 0.6 is 34.7 Å². The number of hydrogen-bond acceptors (Lipinski definition) is 9. The largest absolute Gasteiger partial charge is 0.481 e. The van der Waals surface area contributed by atoms with Crippen LogP contribution in [0.2, 0.25) is 0 Å². The molecular formula is C33H30ClN5O5S2. The molecule has 4 aromatic rings. The van der Waals surface area contributed by atoms with Crippen LogP contribution in [0.3, 0.4) is 0 Å². The highest BCUT2D eigenvalue weighted by molar-refractivity contribution is 8.00. The van der Waals surface area contributed by atoms with Gasteiger partial charge >= 0.3 is 5.97 Å². The van der Waals surface area contributed by atoms with Crippen LogP contribution in [0.15, 0.2) is 102 Å². The third kappa shape index (κ3) is 5.61. The second-order valence-electron chi connectivity index (χ2n) is 11.0. The zero-order valence-corrected chi connectivity index (χ0v) is 27.0. The number of alkyl halides is 1. The quantitative estimate of drug-likeness (QED) is 0.0691. The highest BCUT2D eigenvalue weighted by Crippen LogP contribution is 2.43. The van der Waals surface area contributed by atoms with Gasteiger partial charge in [-0.2, -0.15) is 0 Å². The molecule has 2 saturated heterocycles. The van der Waals surface area contributed by atoms with E-state index < -0.39 is 34.2 Å². The summed E-state index contributed by atoms with van der Waals surface area (Å²) in [5, 5.41) is 21.9. The van der Waals surface area contributed by atoms with E-state index in [1.54, 1.807) is 5.38 Å². The fourth-order valence-corrected chi connectivity index (χ4v) is 8.48. The molecule has 1 unspecified atom stereocenters. The number of nitrogens with one attached hydrogen (secondary N) is 2. The third-order valence-corrected chi connectivity index (χ3v) is 11.1. The number of carboxylic acids is 1. The Morgan fingerprint density at radius 1 is 1.04 bits per heavy atom. The van der Waals surface area contributed by atoms with Crippen LogP contribution in [0.4, 0.5) is 5.13 Å². The minimum absolute atomic E-state index is 0.0131. The van der Waals surface area contributed by atoms with Gasteiger partial charge in [0, 0.05) is 23.6 Å². The average Bonchev–Trinajstić information content (AvgIpc) is 3.57. The fourth-order valence-electron chi connectivity index (χ4n) is 5.78. The molecule has 0 spiro atoms. The molecule has 3 heterocycles. The molecule has 1 aromatic heterocycles. The van der Waals surface area contributed by atoms with Gasteiger partial charge in [-0.15, -0.1) is 34.7 Å². The Hall–Kier alpha value is -4.39. The number of benzene rings is 3. The van der Waals surface area contributed by atoms with Crippen molar-refractivity contribution in [2.24, 2.45) is 10.6 Å². The topological polar surface area (TPSA) is 133 Å². The SMILES string of the molecule is CON=C(C(=O)N[C@@H]1C(=O)N2CC(CCl)(C(=O)O)CS[C@H]12)c1csc(NC(c2ccccc2)(c2ccccc2)c2ccccc2)n1. The van der Waals surface area contributed by atoms with Gasteiger partial charge in [-0.05, 0) is 16.7 Å². The standard InChI is InChI=1S/C33H30ClN5O5S2/c1-44-38-25(27(40)36-26-28(41)39-19-32(18-34,30(42)43)20-46-29(26)39)24-17-45-31(35-24)37-33(21-11-5-2-6-12-21,22-13-7-3-8-14-22)23-15-9-4-10-16-23/h2-17,26,29H,18-20H2,1H3,(H,35,37)(H,36,40)(H,42,43)/t26-,29-,32?/m1/s1. The molecule has 0 radical (unpaired) electrons. The first-order valence-electron chi connectivity index (χ1n) is 14.4. The maximum absolute atomic E-state index is 13.5. The highest BCUT2D eigenvalue weighted by Gasteiger charge is 2.57. The van der Waals surface area contributed by atoms with Crippen molar-refractivity contribution in [3.05, 3.63) is 119 Å². The molecule has 46 heavy (non-hydrogen) atoms. The van der Waals surface area contributed by atoms with Gasteiger partial charge in [-0.25, -0.2) is 4.98 Å².